The van der Waals surface area contributed by atoms with Crippen LogP contribution >= 0.6 is 0 Å². The number of nitrogens with one attached hydrogen (secondary N) is 1. The Morgan fingerprint density at radius 3 is 2.67 bits per heavy atom. The van der Waals surface area contributed by atoms with E-state index in [9.17, 15) is 0 Å². The molecule has 2 rings (SSSR count). The van der Waals surface area contributed by atoms with Gasteiger partial charge in [-0.05, 0) is 27.7 Å². The molecule has 0 unspecified atom stereocenters. The summed E-state index contributed by atoms with van der Waals surface area (Å²) in [5.41, 5.74) is 1.11. The largest absolute Gasteiger partial charge is 0.372 e. The van der Waals surface area contributed by atoms with Crippen LogP contribution in [0.2, 0.25) is 0 Å². The van der Waals surface area contributed by atoms with E-state index in [1.807, 2.05) is 13.1 Å². The lowest BCUT2D eigenvalue weighted by atomic mass is 10.2. The Hall–Kier alpha value is -1.36. The maximum atomic E-state index is 5.75. The van der Waals surface area contributed by atoms with Gasteiger partial charge in [0, 0.05) is 31.4 Å². The van der Waals surface area contributed by atoms with E-state index in [1.165, 1.54) is 0 Å². The molecule has 1 saturated heterocycles. The summed E-state index contributed by atoms with van der Waals surface area (Å²) in [5, 5.41) is 3.16. The Bertz CT molecular complexity index is 400. The molecule has 18 heavy (non-hydrogen) atoms. The van der Waals surface area contributed by atoms with Gasteiger partial charge < -0.3 is 15.0 Å². The van der Waals surface area contributed by atoms with Crippen molar-refractivity contribution in [3.05, 3.63) is 11.8 Å². The van der Waals surface area contributed by atoms with Gasteiger partial charge >= 0.3 is 0 Å². The SMILES string of the molecule is CCNc1ncc(C)c(N2C[C@@H](C)O[C@@H](C)C2)n1. The predicted octanol–water partition coefficient (Wildman–Crippen LogP) is 1.83. The van der Waals surface area contributed by atoms with Crippen LogP contribution in [0.4, 0.5) is 11.8 Å². The van der Waals surface area contributed by atoms with Gasteiger partial charge in [-0.15, -0.1) is 0 Å². The first kappa shape index (κ1) is 13.1. The van der Waals surface area contributed by atoms with E-state index in [-0.39, 0.29) is 12.2 Å². The van der Waals surface area contributed by atoms with E-state index in [2.05, 4.69) is 41.0 Å². The van der Waals surface area contributed by atoms with Crippen molar-refractivity contribution in [3.63, 3.8) is 0 Å². The zero-order valence-electron chi connectivity index (χ0n) is 11.6. The van der Waals surface area contributed by atoms with Crippen molar-refractivity contribution in [1.82, 2.24) is 9.97 Å². The van der Waals surface area contributed by atoms with Crippen molar-refractivity contribution in [2.24, 2.45) is 0 Å². The molecule has 100 valence electrons. The van der Waals surface area contributed by atoms with E-state index in [4.69, 9.17) is 4.74 Å². The molecule has 1 aromatic heterocycles. The van der Waals surface area contributed by atoms with Crippen LogP contribution in [-0.2, 0) is 4.74 Å². The van der Waals surface area contributed by atoms with Crippen LogP contribution in [0.5, 0.6) is 0 Å². The van der Waals surface area contributed by atoms with E-state index < -0.39 is 0 Å². The number of rotatable bonds is 3. The third kappa shape index (κ3) is 2.90. The summed E-state index contributed by atoms with van der Waals surface area (Å²) >= 11 is 0. The molecule has 0 bridgehead atoms. The summed E-state index contributed by atoms with van der Waals surface area (Å²) in [6.07, 6.45) is 2.36. The van der Waals surface area contributed by atoms with Crippen molar-refractivity contribution in [2.45, 2.75) is 39.9 Å². The number of nitrogens with zero attached hydrogens (tertiary/aromatic N) is 3. The molecule has 0 spiro atoms. The van der Waals surface area contributed by atoms with Crippen LogP contribution < -0.4 is 10.2 Å². The van der Waals surface area contributed by atoms with E-state index in [0.717, 1.165) is 31.0 Å². The number of hydrogen-bond acceptors (Lipinski definition) is 5. The second-order valence-corrected chi connectivity index (χ2v) is 4.89. The second kappa shape index (κ2) is 5.52. The molecule has 1 aromatic rings. The lowest BCUT2D eigenvalue weighted by Crippen LogP contribution is -2.46. The molecule has 1 aliphatic rings. The summed E-state index contributed by atoms with van der Waals surface area (Å²) in [6.45, 7) is 10.9. The zero-order chi connectivity index (χ0) is 13.1. The van der Waals surface area contributed by atoms with E-state index in [0.29, 0.717) is 5.95 Å². The number of morpholine rings is 1. The molecule has 1 fully saturated rings. The molecule has 5 heteroatoms. The monoisotopic (exact) mass is 250 g/mol. The van der Waals surface area contributed by atoms with Gasteiger partial charge in [0.25, 0.3) is 0 Å². The molecule has 0 aromatic carbocycles. The van der Waals surface area contributed by atoms with Crippen LogP contribution in [0.3, 0.4) is 0 Å². The third-order valence-corrected chi connectivity index (χ3v) is 3.00. The normalized spacial score (nSPS) is 24.1. The molecule has 1 aliphatic heterocycles. The lowest BCUT2D eigenvalue weighted by Gasteiger charge is -2.36. The second-order valence-electron chi connectivity index (χ2n) is 4.89. The number of aromatic nitrogens is 2. The van der Waals surface area contributed by atoms with Crippen molar-refractivity contribution in [1.29, 1.82) is 0 Å². The van der Waals surface area contributed by atoms with Gasteiger partial charge in [0.05, 0.1) is 12.2 Å². The van der Waals surface area contributed by atoms with Gasteiger partial charge in [0.2, 0.25) is 5.95 Å². The van der Waals surface area contributed by atoms with Gasteiger partial charge in [-0.25, -0.2) is 4.98 Å². The Labute approximate surface area is 109 Å². The van der Waals surface area contributed by atoms with Crippen molar-refractivity contribution < 1.29 is 4.74 Å². The Balaban J connectivity index is 2.22. The molecule has 0 aliphatic carbocycles. The molecular formula is C13H22N4O. The van der Waals surface area contributed by atoms with Gasteiger partial charge in [0.1, 0.15) is 5.82 Å². The minimum atomic E-state index is 0.241. The lowest BCUT2D eigenvalue weighted by molar-refractivity contribution is -0.00549. The van der Waals surface area contributed by atoms with Crippen molar-refractivity contribution >= 4 is 11.8 Å². The first-order valence-electron chi connectivity index (χ1n) is 6.58. The van der Waals surface area contributed by atoms with Crippen LogP contribution in [0.1, 0.15) is 26.3 Å². The smallest absolute Gasteiger partial charge is 0.224 e. The zero-order valence-corrected chi connectivity index (χ0v) is 11.6. The van der Waals surface area contributed by atoms with Crippen LogP contribution in [0.15, 0.2) is 6.20 Å². The number of anilines is 2. The summed E-state index contributed by atoms with van der Waals surface area (Å²) in [4.78, 5) is 11.2. The highest BCUT2D eigenvalue weighted by atomic mass is 16.5. The number of hydrogen-bond donors (Lipinski definition) is 1. The average molecular weight is 250 g/mol. The Morgan fingerprint density at radius 1 is 1.39 bits per heavy atom. The quantitative estimate of drug-likeness (QED) is 0.887. The summed E-state index contributed by atoms with van der Waals surface area (Å²) in [5.74, 6) is 1.72. The molecule has 1 N–H and O–H groups in total. The topological polar surface area (TPSA) is 50.3 Å². The minimum absolute atomic E-state index is 0.241. The van der Waals surface area contributed by atoms with Gasteiger partial charge in [-0.1, -0.05) is 0 Å². The molecule has 0 saturated carbocycles. The predicted molar refractivity (Wildman–Crippen MR) is 73.2 cm³/mol. The maximum Gasteiger partial charge on any atom is 0.224 e. The fraction of sp³-hybridized carbons (Fsp3) is 0.692. The van der Waals surface area contributed by atoms with Gasteiger partial charge in [0.15, 0.2) is 0 Å². The van der Waals surface area contributed by atoms with E-state index in [1.54, 1.807) is 0 Å². The summed E-state index contributed by atoms with van der Waals surface area (Å²) < 4.78 is 5.75. The standard InChI is InChI=1S/C13H22N4O/c1-5-14-13-15-6-9(2)12(16-13)17-7-10(3)18-11(4)8-17/h6,10-11H,5,7-8H2,1-4H3,(H,14,15,16)/t10-,11+. The molecule has 0 amide bonds. The van der Waals surface area contributed by atoms with Crippen molar-refractivity contribution in [2.75, 3.05) is 29.9 Å². The number of aryl methyl sites for hydroxylation is 1. The summed E-state index contributed by atoms with van der Waals surface area (Å²) in [6, 6.07) is 0. The Morgan fingerprint density at radius 2 is 2.06 bits per heavy atom. The third-order valence-electron chi connectivity index (χ3n) is 3.00. The fourth-order valence-electron chi connectivity index (χ4n) is 2.35. The first-order chi connectivity index (χ1) is 8.60. The fourth-order valence-corrected chi connectivity index (χ4v) is 2.35. The highest BCUT2D eigenvalue weighted by molar-refractivity contribution is 5.49. The summed E-state index contributed by atoms with van der Waals surface area (Å²) in [7, 11) is 0. The minimum Gasteiger partial charge on any atom is -0.372 e. The van der Waals surface area contributed by atoms with Crippen LogP contribution in [0.25, 0.3) is 0 Å². The highest BCUT2D eigenvalue weighted by Crippen LogP contribution is 2.22. The first-order valence-corrected chi connectivity index (χ1v) is 6.58. The van der Waals surface area contributed by atoms with Gasteiger partial charge in [-0.2, -0.15) is 4.98 Å². The van der Waals surface area contributed by atoms with Crippen molar-refractivity contribution in [3.8, 4) is 0 Å². The molecule has 2 atom stereocenters. The number of ether oxygens (including phenoxy) is 1. The van der Waals surface area contributed by atoms with E-state index >= 15 is 0 Å². The average Bonchev–Trinajstić information content (AvgIpc) is 2.30. The molecule has 5 nitrogen and oxygen atoms in total. The highest BCUT2D eigenvalue weighted by Gasteiger charge is 2.24. The maximum absolute atomic E-state index is 5.75. The molecule has 2 heterocycles. The van der Waals surface area contributed by atoms with Crippen LogP contribution in [-0.4, -0.2) is 41.8 Å². The van der Waals surface area contributed by atoms with Gasteiger partial charge in [-0.3, -0.25) is 0 Å². The molecular weight excluding hydrogens is 228 g/mol. The van der Waals surface area contributed by atoms with Crippen LogP contribution in [0, 0.1) is 6.92 Å². The Kier molecular flexibility index (Phi) is 4.01. The molecule has 0 radical (unpaired) electrons.